The summed E-state index contributed by atoms with van der Waals surface area (Å²) in [5.41, 5.74) is 2.24. The van der Waals surface area contributed by atoms with E-state index in [9.17, 15) is 9.59 Å². The number of hydrogen-bond donors (Lipinski definition) is 1. The molecule has 0 fully saturated rings. The van der Waals surface area contributed by atoms with Gasteiger partial charge in [0.25, 0.3) is 11.8 Å². The molecule has 0 unspecified atom stereocenters. The number of carbonyl (C=O) groups is 2. The van der Waals surface area contributed by atoms with Crippen LogP contribution >= 0.6 is 11.3 Å². The first-order valence-corrected chi connectivity index (χ1v) is 10.3. The minimum Gasteiger partial charge on any atom is -0.482 e. The van der Waals surface area contributed by atoms with Crippen molar-refractivity contribution in [3.05, 3.63) is 39.8 Å². The number of nitrogens with one attached hydrogen (secondary N) is 1. The van der Waals surface area contributed by atoms with Gasteiger partial charge in [-0.15, -0.1) is 11.3 Å². The fourth-order valence-corrected chi connectivity index (χ4v) is 3.61. The zero-order valence-corrected chi connectivity index (χ0v) is 17.9. The van der Waals surface area contributed by atoms with Crippen molar-refractivity contribution in [2.45, 2.75) is 46.6 Å². The Kier molecular flexibility index (Phi) is 5.74. The van der Waals surface area contributed by atoms with Crippen molar-refractivity contribution in [1.82, 2.24) is 10.3 Å². The Labute approximate surface area is 169 Å². The van der Waals surface area contributed by atoms with Gasteiger partial charge in [0.1, 0.15) is 16.5 Å². The summed E-state index contributed by atoms with van der Waals surface area (Å²) in [7, 11) is 0. The number of fused-ring (bicyclic) bond motifs is 1. The molecule has 28 heavy (non-hydrogen) atoms. The van der Waals surface area contributed by atoms with Crippen LogP contribution in [0.25, 0.3) is 0 Å². The van der Waals surface area contributed by atoms with Crippen LogP contribution in [0.15, 0.2) is 23.6 Å². The standard InChI is InChI=1S/C21H27N3O3S/c1-13(2)9-22-20(26)15-12-28-18(23-15)10-24-16-8-14(21(3,4)5)6-7-17(16)27-11-19(24)25/h6-8,12-13H,9-11H2,1-5H3,(H,22,26). The second-order valence-electron chi connectivity index (χ2n) is 8.43. The molecule has 2 amide bonds. The lowest BCUT2D eigenvalue weighted by Crippen LogP contribution is -2.38. The van der Waals surface area contributed by atoms with E-state index in [1.54, 1.807) is 10.3 Å². The van der Waals surface area contributed by atoms with Crippen LogP contribution < -0.4 is 15.0 Å². The molecule has 1 N–H and O–H groups in total. The Morgan fingerprint density at radius 3 is 2.79 bits per heavy atom. The molecule has 0 atom stereocenters. The number of carbonyl (C=O) groups excluding carboxylic acids is 2. The Morgan fingerprint density at radius 1 is 1.36 bits per heavy atom. The number of ether oxygens (including phenoxy) is 1. The van der Waals surface area contributed by atoms with Gasteiger partial charge in [-0.05, 0) is 29.0 Å². The summed E-state index contributed by atoms with van der Waals surface area (Å²) < 4.78 is 5.60. The van der Waals surface area contributed by atoms with Crippen molar-refractivity contribution in [2.24, 2.45) is 5.92 Å². The third-order valence-electron chi connectivity index (χ3n) is 4.52. The number of benzene rings is 1. The topological polar surface area (TPSA) is 71.5 Å². The molecular formula is C21H27N3O3S. The Bertz CT molecular complexity index is 883. The SMILES string of the molecule is CC(C)CNC(=O)c1csc(CN2C(=O)COc3ccc(C(C)(C)C)cc32)n1. The first-order valence-electron chi connectivity index (χ1n) is 9.45. The van der Waals surface area contributed by atoms with E-state index in [4.69, 9.17) is 4.74 Å². The van der Waals surface area contributed by atoms with Crippen molar-refractivity contribution in [1.29, 1.82) is 0 Å². The molecule has 0 saturated carbocycles. The molecular weight excluding hydrogens is 374 g/mol. The van der Waals surface area contributed by atoms with Crippen LogP contribution in [-0.4, -0.2) is 29.9 Å². The molecule has 0 spiro atoms. The van der Waals surface area contributed by atoms with Crippen molar-refractivity contribution in [2.75, 3.05) is 18.1 Å². The van der Waals surface area contributed by atoms with Gasteiger partial charge in [-0.3, -0.25) is 14.5 Å². The average Bonchev–Trinajstić information content (AvgIpc) is 3.09. The van der Waals surface area contributed by atoms with E-state index in [1.165, 1.54) is 11.3 Å². The highest BCUT2D eigenvalue weighted by Crippen LogP contribution is 2.37. The number of nitrogens with zero attached hydrogens (tertiary/aromatic N) is 2. The smallest absolute Gasteiger partial charge is 0.270 e. The molecule has 1 aliphatic rings. The Hall–Kier alpha value is -2.41. The van der Waals surface area contributed by atoms with E-state index in [2.05, 4.69) is 31.1 Å². The summed E-state index contributed by atoms with van der Waals surface area (Å²) in [6.45, 7) is 11.4. The second kappa shape index (κ2) is 7.91. The predicted molar refractivity (Wildman–Crippen MR) is 111 cm³/mol. The summed E-state index contributed by atoms with van der Waals surface area (Å²) in [5, 5.41) is 5.33. The minimum atomic E-state index is -0.181. The maximum absolute atomic E-state index is 12.5. The Balaban J connectivity index is 1.82. The fraction of sp³-hybridized carbons (Fsp3) is 0.476. The van der Waals surface area contributed by atoms with Gasteiger partial charge in [0.2, 0.25) is 0 Å². The van der Waals surface area contributed by atoms with Crippen LogP contribution in [0.5, 0.6) is 5.75 Å². The highest BCUT2D eigenvalue weighted by Gasteiger charge is 2.28. The van der Waals surface area contributed by atoms with Gasteiger partial charge in [-0.2, -0.15) is 0 Å². The monoisotopic (exact) mass is 401 g/mol. The lowest BCUT2D eigenvalue weighted by molar-refractivity contribution is -0.121. The number of rotatable bonds is 5. The van der Waals surface area contributed by atoms with Crippen molar-refractivity contribution in [3.8, 4) is 5.75 Å². The third-order valence-corrected chi connectivity index (χ3v) is 5.35. The van der Waals surface area contributed by atoms with Crippen LogP contribution in [0, 0.1) is 5.92 Å². The van der Waals surface area contributed by atoms with Gasteiger partial charge < -0.3 is 10.1 Å². The number of aromatic nitrogens is 1. The predicted octanol–water partition coefficient (Wildman–Crippen LogP) is 3.75. The lowest BCUT2D eigenvalue weighted by Gasteiger charge is -2.30. The average molecular weight is 402 g/mol. The first-order chi connectivity index (χ1) is 13.1. The molecule has 150 valence electrons. The summed E-state index contributed by atoms with van der Waals surface area (Å²) in [6, 6.07) is 5.96. The largest absolute Gasteiger partial charge is 0.482 e. The first kappa shape index (κ1) is 20.3. The summed E-state index contributed by atoms with van der Waals surface area (Å²) >= 11 is 1.39. The quantitative estimate of drug-likeness (QED) is 0.828. The van der Waals surface area contributed by atoms with Gasteiger partial charge in [0.15, 0.2) is 6.61 Å². The molecule has 6 nitrogen and oxygen atoms in total. The molecule has 1 aliphatic heterocycles. The van der Waals surface area contributed by atoms with Crippen LogP contribution in [0.3, 0.4) is 0 Å². The number of amides is 2. The van der Waals surface area contributed by atoms with Crippen LogP contribution in [0.1, 0.15) is 55.7 Å². The van der Waals surface area contributed by atoms with Crippen LogP contribution in [0.4, 0.5) is 5.69 Å². The molecule has 1 aromatic carbocycles. The maximum atomic E-state index is 12.5. The van der Waals surface area contributed by atoms with Crippen molar-refractivity contribution in [3.63, 3.8) is 0 Å². The molecule has 1 aromatic heterocycles. The summed E-state index contributed by atoms with van der Waals surface area (Å²) in [4.78, 5) is 30.9. The second-order valence-corrected chi connectivity index (χ2v) is 9.37. The van der Waals surface area contributed by atoms with Gasteiger partial charge in [0, 0.05) is 11.9 Å². The van der Waals surface area contributed by atoms with Crippen LogP contribution in [-0.2, 0) is 16.8 Å². The van der Waals surface area contributed by atoms with Crippen molar-refractivity contribution >= 4 is 28.8 Å². The molecule has 2 aromatic rings. The highest BCUT2D eigenvalue weighted by molar-refractivity contribution is 7.09. The van der Waals surface area contributed by atoms with Crippen LogP contribution in [0.2, 0.25) is 0 Å². The van der Waals surface area contributed by atoms with Gasteiger partial charge in [0.05, 0.1) is 12.2 Å². The van der Waals surface area contributed by atoms with E-state index in [0.717, 1.165) is 16.3 Å². The normalized spacial score (nSPS) is 14.1. The van der Waals surface area contributed by atoms with E-state index in [-0.39, 0.29) is 23.8 Å². The molecule has 7 heteroatoms. The lowest BCUT2D eigenvalue weighted by atomic mass is 9.86. The number of thiazole rings is 1. The zero-order valence-electron chi connectivity index (χ0n) is 17.0. The summed E-state index contributed by atoms with van der Waals surface area (Å²) in [6.07, 6.45) is 0. The molecule has 0 aliphatic carbocycles. The molecule has 2 heterocycles. The van der Waals surface area contributed by atoms with Gasteiger partial charge >= 0.3 is 0 Å². The molecule has 0 bridgehead atoms. The molecule has 3 rings (SSSR count). The molecule has 0 radical (unpaired) electrons. The van der Waals surface area contributed by atoms with Gasteiger partial charge in [-0.25, -0.2) is 4.98 Å². The molecule has 0 saturated heterocycles. The number of anilines is 1. The fourth-order valence-electron chi connectivity index (χ4n) is 2.85. The Morgan fingerprint density at radius 2 is 2.11 bits per heavy atom. The zero-order chi connectivity index (χ0) is 20.5. The minimum absolute atomic E-state index is 0.00890. The third kappa shape index (κ3) is 4.52. The van der Waals surface area contributed by atoms with Crippen molar-refractivity contribution < 1.29 is 14.3 Å². The van der Waals surface area contributed by atoms with E-state index < -0.39 is 0 Å². The summed E-state index contributed by atoms with van der Waals surface area (Å²) in [5.74, 6) is 0.778. The van der Waals surface area contributed by atoms with E-state index >= 15 is 0 Å². The van der Waals surface area contributed by atoms with E-state index in [1.807, 2.05) is 32.0 Å². The number of hydrogen-bond acceptors (Lipinski definition) is 5. The van der Waals surface area contributed by atoms with Gasteiger partial charge in [-0.1, -0.05) is 40.7 Å². The van der Waals surface area contributed by atoms with E-state index in [0.29, 0.717) is 30.5 Å². The highest BCUT2D eigenvalue weighted by atomic mass is 32.1. The maximum Gasteiger partial charge on any atom is 0.270 e.